The normalized spacial score (nSPS) is 15.3. The van der Waals surface area contributed by atoms with Crippen molar-refractivity contribution >= 4 is 11.8 Å². The summed E-state index contributed by atoms with van der Waals surface area (Å²) in [7, 11) is 1.32. The van der Waals surface area contributed by atoms with E-state index in [1.54, 1.807) is 0 Å². The van der Waals surface area contributed by atoms with Crippen LogP contribution in [0.25, 0.3) is 0 Å². The van der Waals surface area contributed by atoms with E-state index in [0.717, 1.165) is 0 Å². The largest absolute Gasteiger partial charge is 0.493 e. The second-order valence-electron chi connectivity index (χ2n) is 6.47. The standard InChI is InChI=1S/C18H24F2N2O4/c1-11(2)17(24)22-8-6-13(7-9-22)21-16(23)12-4-5-14(26-18(19)20)15(10-12)25-3/h4-5,10-11,13,18H,6-9H2,1-3H3,(H,21,23). The minimum absolute atomic E-state index is 0.0393. The number of carbonyl (C=O) groups is 2. The van der Waals surface area contributed by atoms with Crippen molar-refractivity contribution in [3.63, 3.8) is 0 Å². The number of halogens is 2. The van der Waals surface area contributed by atoms with Gasteiger partial charge in [-0.3, -0.25) is 9.59 Å². The summed E-state index contributed by atoms with van der Waals surface area (Å²) in [6.45, 7) is 1.97. The van der Waals surface area contributed by atoms with E-state index >= 15 is 0 Å². The highest BCUT2D eigenvalue weighted by atomic mass is 19.3. The summed E-state index contributed by atoms with van der Waals surface area (Å²) in [5.74, 6) is -0.299. The molecule has 0 atom stereocenters. The highest BCUT2D eigenvalue weighted by Gasteiger charge is 2.25. The van der Waals surface area contributed by atoms with Gasteiger partial charge in [-0.1, -0.05) is 13.8 Å². The Morgan fingerprint density at radius 3 is 2.38 bits per heavy atom. The van der Waals surface area contributed by atoms with Crippen molar-refractivity contribution in [2.75, 3.05) is 20.2 Å². The highest BCUT2D eigenvalue weighted by molar-refractivity contribution is 5.95. The predicted octanol–water partition coefficient (Wildman–Crippen LogP) is 2.67. The SMILES string of the molecule is COc1cc(C(=O)NC2CCN(C(=O)C(C)C)CC2)ccc1OC(F)F. The second kappa shape index (κ2) is 8.82. The zero-order valence-corrected chi connectivity index (χ0v) is 15.1. The molecule has 0 aromatic heterocycles. The summed E-state index contributed by atoms with van der Waals surface area (Å²) in [6, 6.07) is 4.02. The highest BCUT2D eigenvalue weighted by Crippen LogP contribution is 2.29. The lowest BCUT2D eigenvalue weighted by atomic mass is 10.0. The molecule has 0 radical (unpaired) electrons. The van der Waals surface area contributed by atoms with Crippen LogP contribution >= 0.6 is 0 Å². The summed E-state index contributed by atoms with van der Waals surface area (Å²) >= 11 is 0. The molecule has 144 valence electrons. The van der Waals surface area contributed by atoms with E-state index < -0.39 is 6.61 Å². The molecule has 1 fully saturated rings. The Balaban J connectivity index is 1.95. The van der Waals surface area contributed by atoms with E-state index in [4.69, 9.17) is 4.74 Å². The number of hydrogen-bond donors (Lipinski definition) is 1. The van der Waals surface area contributed by atoms with Gasteiger partial charge in [0.1, 0.15) is 0 Å². The van der Waals surface area contributed by atoms with Gasteiger partial charge in [0.2, 0.25) is 5.91 Å². The average Bonchev–Trinajstić information content (AvgIpc) is 2.61. The van der Waals surface area contributed by atoms with Crippen molar-refractivity contribution in [2.45, 2.75) is 39.3 Å². The summed E-state index contributed by atoms with van der Waals surface area (Å²) < 4.78 is 34.1. The molecule has 0 saturated carbocycles. The lowest BCUT2D eigenvalue weighted by Crippen LogP contribution is -2.47. The third-order valence-electron chi connectivity index (χ3n) is 4.28. The molecule has 6 nitrogen and oxygen atoms in total. The number of likely N-dealkylation sites (tertiary alicyclic amines) is 1. The first-order chi connectivity index (χ1) is 12.3. The number of nitrogens with one attached hydrogen (secondary N) is 1. The summed E-state index contributed by atoms with van der Waals surface area (Å²) in [5, 5.41) is 2.91. The number of benzene rings is 1. The van der Waals surface area contributed by atoms with Crippen molar-refractivity contribution in [3.05, 3.63) is 23.8 Å². The van der Waals surface area contributed by atoms with Crippen LogP contribution in [0.3, 0.4) is 0 Å². The average molecular weight is 370 g/mol. The smallest absolute Gasteiger partial charge is 0.387 e. The van der Waals surface area contributed by atoms with E-state index in [1.807, 2.05) is 18.7 Å². The fraction of sp³-hybridized carbons (Fsp3) is 0.556. The van der Waals surface area contributed by atoms with Crippen molar-refractivity contribution in [2.24, 2.45) is 5.92 Å². The number of methoxy groups -OCH3 is 1. The van der Waals surface area contributed by atoms with Crippen LogP contribution in [0.15, 0.2) is 18.2 Å². The molecule has 0 unspecified atom stereocenters. The molecule has 1 aromatic carbocycles. The number of carbonyl (C=O) groups excluding carboxylic acids is 2. The molecular formula is C18H24F2N2O4. The fourth-order valence-electron chi connectivity index (χ4n) is 2.88. The zero-order valence-electron chi connectivity index (χ0n) is 15.1. The molecule has 1 aliphatic rings. The van der Waals surface area contributed by atoms with Gasteiger partial charge < -0.3 is 19.7 Å². The van der Waals surface area contributed by atoms with Crippen molar-refractivity contribution in [3.8, 4) is 11.5 Å². The lowest BCUT2D eigenvalue weighted by molar-refractivity contribution is -0.135. The summed E-state index contributed by atoms with van der Waals surface area (Å²) in [5.41, 5.74) is 0.296. The van der Waals surface area contributed by atoms with Crippen LogP contribution in [-0.2, 0) is 4.79 Å². The number of ether oxygens (including phenoxy) is 2. The molecule has 1 heterocycles. The monoisotopic (exact) mass is 370 g/mol. The number of rotatable bonds is 6. The van der Waals surface area contributed by atoms with E-state index in [9.17, 15) is 18.4 Å². The number of nitrogens with zero attached hydrogens (tertiary/aromatic N) is 1. The molecular weight excluding hydrogens is 346 g/mol. The molecule has 1 aromatic rings. The summed E-state index contributed by atoms with van der Waals surface area (Å²) in [6.07, 6.45) is 1.35. The number of amides is 2. The molecule has 0 bridgehead atoms. The molecule has 0 spiro atoms. The van der Waals surface area contributed by atoms with Crippen LogP contribution in [0, 0.1) is 5.92 Å². The van der Waals surface area contributed by atoms with Gasteiger partial charge in [0.15, 0.2) is 11.5 Å². The molecule has 26 heavy (non-hydrogen) atoms. The Hall–Kier alpha value is -2.38. The Kier molecular flexibility index (Phi) is 6.76. The van der Waals surface area contributed by atoms with Crippen LogP contribution in [0.2, 0.25) is 0 Å². The third kappa shape index (κ3) is 5.06. The van der Waals surface area contributed by atoms with E-state index in [2.05, 4.69) is 10.1 Å². The van der Waals surface area contributed by atoms with Gasteiger partial charge >= 0.3 is 6.61 Å². The maximum absolute atomic E-state index is 12.4. The molecule has 1 saturated heterocycles. The van der Waals surface area contributed by atoms with Crippen LogP contribution < -0.4 is 14.8 Å². The van der Waals surface area contributed by atoms with Gasteiger partial charge in [-0.25, -0.2) is 0 Å². The maximum atomic E-state index is 12.4. The van der Waals surface area contributed by atoms with Crippen LogP contribution in [0.4, 0.5) is 8.78 Å². The number of alkyl halides is 2. The number of piperidine rings is 1. The van der Waals surface area contributed by atoms with Crippen LogP contribution in [0.5, 0.6) is 11.5 Å². The first-order valence-corrected chi connectivity index (χ1v) is 8.54. The maximum Gasteiger partial charge on any atom is 0.387 e. The van der Waals surface area contributed by atoms with Crippen LogP contribution in [-0.4, -0.2) is 49.6 Å². The Labute approximate surface area is 151 Å². The van der Waals surface area contributed by atoms with Gasteiger partial charge in [0.05, 0.1) is 7.11 Å². The van der Waals surface area contributed by atoms with Gasteiger partial charge in [0, 0.05) is 30.6 Å². The molecule has 2 rings (SSSR count). The zero-order chi connectivity index (χ0) is 19.3. The third-order valence-corrected chi connectivity index (χ3v) is 4.28. The van der Waals surface area contributed by atoms with Crippen molar-refractivity contribution in [1.29, 1.82) is 0 Å². The van der Waals surface area contributed by atoms with Crippen molar-refractivity contribution < 1.29 is 27.8 Å². The fourth-order valence-corrected chi connectivity index (χ4v) is 2.88. The van der Waals surface area contributed by atoms with Crippen LogP contribution in [0.1, 0.15) is 37.0 Å². The molecule has 2 amide bonds. The van der Waals surface area contributed by atoms with Gasteiger partial charge in [-0.2, -0.15) is 8.78 Å². The Morgan fingerprint density at radius 2 is 1.85 bits per heavy atom. The minimum Gasteiger partial charge on any atom is -0.493 e. The topological polar surface area (TPSA) is 67.9 Å². The lowest BCUT2D eigenvalue weighted by Gasteiger charge is -2.33. The Bertz CT molecular complexity index is 644. The second-order valence-corrected chi connectivity index (χ2v) is 6.47. The molecule has 1 N–H and O–H groups in total. The quantitative estimate of drug-likeness (QED) is 0.836. The number of hydrogen-bond acceptors (Lipinski definition) is 4. The van der Waals surface area contributed by atoms with E-state index in [0.29, 0.717) is 31.5 Å². The minimum atomic E-state index is -2.97. The Morgan fingerprint density at radius 1 is 1.19 bits per heavy atom. The van der Waals surface area contributed by atoms with Gasteiger partial charge in [-0.15, -0.1) is 0 Å². The molecule has 1 aliphatic heterocycles. The predicted molar refractivity (Wildman–Crippen MR) is 91.5 cm³/mol. The summed E-state index contributed by atoms with van der Waals surface area (Å²) in [4.78, 5) is 26.2. The molecule has 8 heteroatoms. The first-order valence-electron chi connectivity index (χ1n) is 8.54. The van der Waals surface area contributed by atoms with Gasteiger partial charge in [0.25, 0.3) is 5.91 Å². The van der Waals surface area contributed by atoms with Gasteiger partial charge in [-0.05, 0) is 31.0 Å². The first kappa shape index (κ1) is 19.9. The van der Waals surface area contributed by atoms with E-state index in [-0.39, 0.29) is 35.3 Å². The van der Waals surface area contributed by atoms with Crippen molar-refractivity contribution in [1.82, 2.24) is 10.2 Å². The molecule has 0 aliphatic carbocycles. The van der Waals surface area contributed by atoms with E-state index in [1.165, 1.54) is 25.3 Å².